The summed E-state index contributed by atoms with van der Waals surface area (Å²) in [5.41, 5.74) is 1.41. The van der Waals surface area contributed by atoms with Crippen LogP contribution in [0.2, 0.25) is 0 Å². The number of nitrogens with zero attached hydrogens (tertiary/aromatic N) is 2. The van der Waals surface area contributed by atoms with Gasteiger partial charge in [0.1, 0.15) is 0 Å². The van der Waals surface area contributed by atoms with Crippen LogP contribution in [0.4, 0.5) is 5.69 Å². The van der Waals surface area contributed by atoms with Gasteiger partial charge in [-0.25, -0.2) is 0 Å². The molecule has 2 saturated heterocycles. The van der Waals surface area contributed by atoms with Gasteiger partial charge in [-0.1, -0.05) is 0 Å². The Hall–Kier alpha value is -1.34. The zero-order valence-corrected chi connectivity index (χ0v) is 18.3. The zero-order chi connectivity index (χ0) is 18.5. The number of piperidine rings is 2. The summed E-state index contributed by atoms with van der Waals surface area (Å²) in [6.07, 6.45) is 4.14. The summed E-state index contributed by atoms with van der Waals surface area (Å²) < 4.78 is 0. The molecule has 0 spiro atoms. The summed E-state index contributed by atoms with van der Waals surface area (Å²) in [5.74, 6) is 0.123. The molecule has 0 radical (unpaired) electrons. The number of halogens is 2. The molecule has 0 bridgehead atoms. The Bertz CT molecular complexity index is 636. The Balaban J connectivity index is 0.00000196. The molecule has 0 aromatic heterocycles. The second-order valence-corrected chi connectivity index (χ2v) is 7.58. The van der Waals surface area contributed by atoms with Gasteiger partial charge in [-0.2, -0.15) is 0 Å². The topological polar surface area (TPSA) is 64.7 Å². The first-order chi connectivity index (χ1) is 12.5. The van der Waals surface area contributed by atoms with Crippen molar-refractivity contribution < 1.29 is 9.59 Å². The first kappa shape index (κ1) is 24.7. The highest BCUT2D eigenvalue weighted by molar-refractivity contribution is 5.96. The molecule has 158 valence electrons. The van der Waals surface area contributed by atoms with Crippen molar-refractivity contribution in [2.45, 2.75) is 31.7 Å². The first-order valence-electron chi connectivity index (χ1n) is 9.62. The van der Waals surface area contributed by atoms with E-state index in [2.05, 4.69) is 22.6 Å². The molecule has 28 heavy (non-hydrogen) atoms. The number of carbonyl (C=O) groups is 2. The van der Waals surface area contributed by atoms with E-state index in [-0.39, 0.29) is 48.6 Å². The maximum absolute atomic E-state index is 12.7. The Kier molecular flexibility index (Phi) is 10.2. The Morgan fingerprint density at radius 1 is 1.14 bits per heavy atom. The van der Waals surface area contributed by atoms with Crippen molar-refractivity contribution in [3.8, 4) is 0 Å². The highest BCUT2D eigenvalue weighted by atomic mass is 35.5. The van der Waals surface area contributed by atoms with Crippen molar-refractivity contribution in [3.05, 3.63) is 29.8 Å². The molecule has 0 saturated carbocycles. The molecule has 2 unspecified atom stereocenters. The van der Waals surface area contributed by atoms with Gasteiger partial charge in [-0.05, 0) is 70.1 Å². The van der Waals surface area contributed by atoms with Crippen molar-refractivity contribution in [2.24, 2.45) is 5.92 Å². The third-order valence-electron chi connectivity index (χ3n) is 5.53. The van der Waals surface area contributed by atoms with E-state index in [1.54, 1.807) is 12.1 Å². The van der Waals surface area contributed by atoms with Gasteiger partial charge < -0.3 is 20.4 Å². The number of likely N-dealkylation sites (N-methyl/N-ethyl adjacent to an activating group) is 2. The maximum atomic E-state index is 12.7. The van der Waals surface area contributed by atoms with Crippen molar-refractivity contribution in [2.75, 3.05) is 45.6 Å². The van der Waals surface area contributed by atoms with E-state index >= 15 is 0 Å². The Morgan fingerprint density at radius 2 is 1.86 bits per heavy atom. The lowest BCUT2D eigenvalue weighted by Crippen LogP contribution is -2.47. The van der Waals surface area contributed by atoms with Gasteiger partial charge in [0.2, 0.25) is 5.91 Å². The predicted molar refractivity (Wildman–Crippen MR) is 118 cm³/mol. The average Bonchev–Trinajstić information content (AvgIpc) is 2.68. The normalized spacial score (nSPS) is 22.4. The molecule has 2 fully saturated rings. The number of amides is 2. The van der Waals surface area contributed by atoms with Crippen molar-refractivity contribution >= 4 is 42.3 Å². The van der Waals surface area contributed by atoms with Crippen LogP contribution in [-0.4, -0.2) is 67.9 Å². The van der Waals surface area contributed by atoms with E-state index in [1.807, 2.05) is 24.1 Å². The molecule has 1 aromatic rings. The van der Waals surface area contributed by atoms with Crippen LogP contribution < -0.4 is 10.6 Å². The molecule has 1 aromatic carbocycles. The number of benzene rings is 1. The lowest BCUT2D eigenvalue weighted by molar-refractivity contribution is -0.120. The third kappa shape index (κ3) is 6.34. The van der Waals surface area contributed by atoms with Gasteiger partial charge in [-0.15, -0.1) is 24.8 Å². The minimum atomic E-state index is 0. The SMILES string of the molecule is CN1CCCC(N(C)C(=O)c2ccc(NC(=O)C3CCCNC3)cc2)C1.Cl.Cl. The van der Waals surface area contributed by atoms with Crippen LogP contribution in [0, 0.1) is 5.92 Å². The molecule has 2 amide bonds. The summed E-state index contributed by atoms with van der Waals surface area (Å²) >= 11 is 0. The highest BCUT2D eigenvalue weighted by Crippen LogP contribution is 2.18. The minimum absolute atomic E-state index is 0. The first-order valence-corrected chi connectivity index (χ1v) is 9.62. The lowest BCUT2D eigenvalue weighted by atomic mass is 9.99. The van der Waals surface area contributed by atoms with Crippen LogP contribution in [0.1, 0.15) is 36.0 Å². The monoisotopic (exact) mass is 430 g/mol. The van der Waals surface area contributed by atoms with Gasteiger partial charge >= 0.3 is 0 Å². The fraction of sp³-hybridized carbons (Fsp3) is 0.600. The van der Waals surface area contributed by atoms with E-state index < -0.39 is 0 Å². The number of nitrogens with one attached hydrogen (secondary N) is 2. The lowest BCUT2D eigenvalue weighted by Gasteiger charge is -2.35. The Morgan fingerprint density at radius 3 is 2.46 bits per heavy atom. The Labute approximate surface area is 180 Å². The quantitative estimate of drug-likeness (QED) is 0.770. The van der Waals surface area contributed by atoms with Crippen molar-refractivity contribution in [1.29, 1.82) is 0 Å². The highest BCUT2D eigenvalue weighted by Gasteiger charge is 2.25. The van der Waals surface area contributed by atoms with Gasteiger partial charge in [0.25, 0.3) is 5.91 Å². The summed E-state index contributed by atoms with van der Waals surface area (Å²) in [4.78, 5) is 29.2. The van der Waals surface area contributed by atoms with E-state index in [4.69, 9.17) is 0 Å². The zero-order valence-electron chi connectivity index (χ0n) is 16.6. The maximum Gasteiger partial charge on any atom is 0.253 e. The van der Waals surface area contributed by atoms with Crippen LogP contribution in [0.25, 0.3) is 0 Å². The smallest absolute Gasteiger partial charge is 0.253 e. The van der Waals surface area contributed by atoms with Gasteiger partial charge in [0.15, 0.2) is 0 Å². The van der Waals surface area contributed by atoms with Crippen LogP contribution in [0.5, 0.6) is 0 Å². The second-order valence-electron chi connectivity index (χ2n) is 7.58. The fourth-order valence-corrected chi connectivity index (χ4v) is 3.84. The number of carbonyl (C=O) groups excluding carboxylic acids is 2. The van der Waals surface area contributed by atoms with E-state index in [0.29, 0.717) is 5.56 Å². The predicted octanol–water partition coefficient (Wildman–Crippen LogP) is 2.63. The minimum Gasteiger partial charge on any atom is -0.337 e. The number of hydrogen-bond donors (Lipinski definition) is 2. The standard InChI is InChI=1S/C20H30N4O2.2ClH/c1-23-12-4-6-18(14-23)24(2)20(26)15-7-9-17(10-8-15)22-19(25)16-5-3-11-21-13-16;;/h7-10,16,18,21H,3-6,11-14H2,1-2H3,(H,22,25);2*1H. The van der Waals surface area contributed by atoms with Crippen LogP contribution >= 0.6 is 24.8 Å². The summed E-state index contributed by atoms with van der Waals surface area (Å²) in [5, 5.41) is 6.22. The van der Waals surface area contributed by atoms with Crippen molar-refractivity contribution in [3.63, 3.8) is 0 Å². The number of anilines is 1. The molecule has 2 aliphatic heterocycles. The number of rotatable bonds is 4. The summed E-state index contributed by atoms with van der Waals surface area (Å²) in [6, 6.07) is 7.52. The number of hydrogen-bond acceptors (Lipinski definition) is 4. The summed E-state index contributed by atoms with van der Waals surface area (Å²) in [7, 11) is 3.99. The molecule has 2 N–H and O–H groups in total. The van der Waals surface area contributed by atoms with Gasteiger partial charge in [0.05, 0.1) is 5.92 Å². The molecule has 2 atom stereocenters. The molecule has 8 heteroatoms. The van der Waals surface area contributed by atoms with Crippen molar-refractivity contribution in [1.82, 2.24) is 15.1 Å². The van der Waals surface area contributed by atoms with E-state index in [1.165, 1.54) is 0 Å². The van der Waals surface area contributed by atoms with Crippen LogP contribution in [0.3, 0.4) is 0 Å². The summed E-state index contributed by atoms with van der Waals surface area (Å²) in [6.45, 7) is 3.75. The van der Waals surface area contributed by atoms with Gasteiger partial charge in [-0.3, -0.25) is 9.59 Å². The average molecular weight is 431 g/mol. The molecule has 0 aliphatic carbocycles. The fourth-order valence-electron chi connectivity index (χ4n) is 3.84. The molecule has 2 aliphatic rings. The molecular weight excluding hydrogens is 399 g/mol. The second kappa shape index (κ2) is 11.6. The molecular formula is C20H32Cl2N4O2. The van der Waals surface area contributed by atoms with E-state index in [0.717, 1.165) is 57.5 Å². The van der Waals surface area contributed by atoms with E-state index in [9.17, 15) is 9.59 Å². The molecule has 3 rings (SSSR count). The molecule has 2 heterocycles. The van der Waals surface area contributed by atoms with Gasteiger partial charge in [0, 0.05) is 37.4 Å². The largest absolute Gasteiger partial charge is 0.337 e. The van der Waals surface area contributed by atoms with Crippen LogP contribution in [0.15, 0.2) is 24.3 Å². The number of likely N-dealkylation sites (tertiary alicyclic amines) is 1. The third-order valence-corrected chi connectivity index (χ3v) is 5.53. The molecule has 6 nitrogen and oxygen atoms in total. The van der Waals surface area contributed by atoms with Crippen LogP contribution in [-0.2, 0) is 4.79 Å².